The van der Waals surface area contributed by atoms with Gasteiger partial charge in [0.2, 0.25) is 0 Å². The number of ether oxygens (including phenoxy) is 4. The second kappa shape index (κ2) is 14.4. The summed E-state index contributed by atoms with van der Waals surface area (Å²) in [4.78, 5) is 25.1. The summed E-state index contributed by atoms with van der Waals surface area (Å²) in [5.74, 6) is 0.913. The van der Waals surface area contributed by atoms with Crippen molar-refractivity contribution in [2.24, 2.45) is 0 Å². The van der Waals surface area contributed by atoms with Gasteiger partial charge in [0.1, 0.15) is 11.5 Å². The Morgan fingerprint density at radius 2 is 0.930 bits per heavy atom. The third kappa shape index (κ3) is 8.29. The molecule has 0 aliphatic rings. The molecule has 0 saturated carbocycles. The van der Waals surface area contributed by atoms with Crippen molar-refractivity contribution >= 4 is 75.7 Å². The third-order valence-corrected chi connectivity index (χ3v) is 9.11. The van der Waals surface area contributed by atoms with Crippen LogP contribution in [-0.4, -0.2) is 25.2 Å². The summed E-state index contributed by atoms with van der Waals surface area (Å²) in [6.07, 6.45) is 0. The average Bonchev–Trinajstić information content (AvgIpc) is 2.95. The second-order valence-corrected chi connectivity index (χ2v) is 13.6. The normalized spacial score (nSPS) is 11.2. The smallest absolute Gasteiger partial charge is 0.349 e. The summed E-state index contributed by atoms with van der Waals surface area (Å²) >= 11 is 14.3. The van der Waals surface area contributed by atoms with Gasteiger partial charge >= 0.3 is 11.9 Å². The van der Waals surface area contributed by atoms with Gasteiger partial charge in [-0.15, -0.1) is 0 Å². The van der Waals surface area contributed by atoms with Crippen LogP contribution in [0.2, 0.25) is 0 Å². The molecule has 0 N–H and O–H groups in total. The van der Waals surface area contributed by atoms with E-state index < -0.39 is 17.4 Å². The summed E-state index contributed by atoms with van der Waals surface area (Å²) in [6.45, 7) is 7.50. The summed E-state index contributed by atoms with van der Waals surface area (Å²) in [5.41, 5.74) is 3.25. The van der Waals surface area contributed by atoms with Crippen LogP contribution in [0.3, 0.4) is 0 Å². The van der Waals surface area contributed by atoms with E-state index in [0.29, 0.717) is 40.9 Å². The van der Waals surface area contributed by atoms with E-state index in [2.05, 4.69) is 77.6 Å². The number of carbonyl (C=O) groups excluding carboxylic acids is 2. The Hall–Kier alpha value is -2.66. The minimum Gasteiger partial charge on any atom is -0.482 e. The summed E-state index contributed by atoms with van der Waals surface area (Å²) in [7, 11) is 0. The zero-order chi connectivity index (χ0) is 31.3. The Balaban J connectivity index is 1.46. The van der Waals surface area contributed by atoms with Gasteiger partial charge in [-0.1, -0.05) is 50.2 Å². The molecule has 0 aliphatic heterocycles. The van der Waals surface area contributed by atoms with Crippen LogP contribution in [0, 0.1) is 13.8 Å². The minimum absolute atomic E-state index is 0.228. The predicted octanol–water partition coefficient (Wildman–Crippen LogP) is 9.65. The molecule has 224 valence electrons. The van der Waals surface area contributed by atoms with Crippen LogP contribution in [0.1, 0.15) is 36.1 Å². The second-order valence-electron chi connectivity index (χ2n) is 10.2. The fraction of sp³-hybridized carbons (Fsp3) is 0.212. The Morgan fingerprint density at radius 1 is 0.605 bits per heavy atom. The van der Waals surface area contributed by atoms with Crippen molar-refractivity contribution in [1.29, 1.82) is 0 Å². The zero-order valence-electron chi connectivity index (χ0n) is 23.8. The number of esters is 2. The lowest BCUT2D eigenvalue weighted by Gasteiger charge is -2.28. The lowest BCUT2D eigenvalue weighted by atomic mass is 9.78. The highest BCUT2D eigenvalue weighted by molar-refractivity contribution is 9.11. The molecule has 0 saturated heterocycles. The maximum absolute atomic E-state index is 12.6. The first-order chi connectivity index (χ1) is 20.4. The number of halogens is 4. The summed E-state index contributed by atoms with van der Waals surface area (Å²) in [5, 5.41) is 0. The standard InChI is InChI=1S/C33H28Br4O6/c1-19-9-5-7-11-27(19)40-17-29(38)42-31-23(34)13-21(14-24(31)35)33(3,4)22-15-25(36)32(26(37)16-22)43-30(39)18-41-28-12-8-6-10-20(28)2/h5-16H,17-18H2,1-4H3. The first kappa shape index (κ1) is 33.2. The monoisotopic (exact) mass is 836 g/mol. The molecule has 0 aromatic heterocycles. The lowest BCUT2D eigenvalue weighted by Crippen LogP contribution is -2.21. The molecule has 0 fully saturated rings. The van der Waals surface area contributed by atoms with Gasteiger partial charge in [-0.25, -0.2) is 9.59 Å². The van der Waals surface area contributed by atoms with Crippen LogP contribution < -0.4 is 18.9 Å². The number of hydrogen-bond acceptors (Lipinski definition) is 6. The van der Waals surface area contributed by atoms with Gasteiger partial charge in [-0.05, 0) is 136 Å². The van der Waals surface area contributed by atoms with Crippen LogP contribution >= 0.6 is 63.7 Å². The fourth-order valence-electron chi connectivity index (χ4n) is 4.20. The quantitative estimate of drug-likeness (QED) is 0.117. The Kier molecular flexibility index (Phi) is 11.1. The van der Waals surface area contributed by atoms with E-state index in [1.807, 2.05) is 74.5 Å². The highest BCUT2D eigenvalue weighted by atomic mass is 79.9. The number of hydrogen-bond donors (Lipinski definition) is 0. The molecule has 6 nitrogen and oxygen atoms in total. The van der Waals surface area contributed by atoms with E-state index in [9.17, 15) is 9.59 Å². The van der Waals surface area contributed by atoms with Gasteiger partial charge in [-0.2, -0.15) is 0 Å². The van der Waals surface area contributed by atoms with Gasteiger partial charge in [0.05, 0.1) is 17.9 Å². The molecule has 0 radical (unpaired) electrons. The van der Waals surface area contributed by atoms with Crippen molar-refractivity contribution in [3.8, 4) is 23.0 Å². The van der Waals surface area contributed by atoms with Crippen LogP contribution in [0.15, 0.2) is 90.7 Å². The highest BCUT2D eigenvalue weighted by Crippen LogP contribution is 2.44. The molecule has 0 unspecified atom stereocenters. The van der Waals surface area contributed by atoms with E-state index in [1.54, 1.807) is 12.1 Å². The molecule has 4 rings (SSSR count). The Labute approximate surface area is 284 Å². The molecule has 0 bridgehead atoms. The topological polar surface area (TPSA) is 71.1 Å². The minimum atomic E-state index is -0.529. The molecule has 0 heterocycles. The SMILES string of the molecule is Cc1ccccc1OCC(=O)Oc1c(Br)cc(C(C)(C)c2cc(Br)c(OC(=O)COc3ccccc3C)c(Br)c2)cc1Br. The number of benzene rings is 4. The van der Waals surface area contributed by atoms with Crippen molar-refractivity contribution in [3.63, 3.8) is 0 Å². The molecular formula is C33H28Br4O6. The molecule has 0 aliphatic carbocycles. The molecule has 0 amide bonds. The average molecular weight is 840 g/mol. The van der Waals surface area contributed by atoms with Gasteiger partial charge in [0.25, 0.3) is 0 Å². The molecular weight excluding hydrogens is 812 g/mol. The van der Waals surface area contributed by atoms with Crippen molar-refractivity contribution in [2.45, 2.75) is 33.1 Å². The molecule has 0 atom stereocenters. The predicted molar refractivity (Wildman–Crippen MR) is 180 cm³/mol. The van der Waals surface area contributed by atoms with E-state index in [0.717, 1.165) is 22.3 Å². The van der Waals surface area contributed by atoms with Crippen molar-refractivity contribution in [2.75, 3.05) is 13.2 Å². The zero-order valence-corrected chi connectivity index (χ0v) is 30.1. The van der Waals surface area contributed by atoms with Crippen molar-refractivity contribution in [1.82, 2.24) is 0 Å². The molecule has 43 heavy (non-hydrogen) atoms. The van der Waals surface area contributed by atoms with Gasteiger partial charge in [-0.3, -0.25) is 0 Å². The lowest BCUT2D eigenvalue weighted by molar-refractivity contribution is -0.137. The van der Waals surface area contributed by atoms with Crippen molar-refractivity contribution < 1.29 is 28.5 Å². The number of carbonyl (C=O) groups is 2. The summed E-state index contributed by atoms with van der Waals surface area (Å²) < 4.78 is 24.9. The fourth-order valence-corrected chi connectivity index (χ4v) is 6.90. The van der Waals surface area contributed by atoms with E-state index in [1.165, 1.54) is 0 Å². The molecule has 10 heteroatoms. The molecule has 4 aromatic carbocycles. The van der Waals surface area contributed by atoms with Crippen LogP contribution in [0.4, 0.5) is 0 Å². The first-order valence-electron chi connectivity index (χ1n) is 13.1. The molecule has 4 aromatic rings. The van der Waals surface area contributed by atoms with Gasteiger partial charge in [0, 0.05) is 5.41 Å². The Morgan fingerprint density at radius 3 is 1.26 bits per heavy atom. The summed E-state index contributed by atoms with van der Waals surface area (Å²) in [6, 6.07) is 22.6. The third-order valence-electron chi connectivity index (χ3n) is 6.75. The molecule has 0 spiro atoms. The van der Waals surface area contributed by atoms with Gasteiger partial charge < -0.3 is 18.9 Å². The largest absolute Gasteiger partial charge is 0.482 e. The first-order valence-corrected chi connectivity index (χ1v) is 16.3. The maximum atomic E-state index is 12.6. The van der Waals surface area contributed by atoms with Crippen LogP contribution in [0.5, 0.6) is 23.0 Å². The number of aryl methyl sites for hydroxylation is 2. The van der Waals surface area contributed by atoms with Crippen molar-refractivity contribution in [3.05, 3.63) is 113 Å². The van der Waals surface area contributed by atoms with E-state index in [-0.39, 0.29) is 13.2 Å². The van der Waals surface area contributed by atoms with E-state index in [4.69, 9.17) is 18.9 Å². The number of rotatable bonds is 10. The highest BCUT2D eigenvalue weighted by Gasteiger charge is 2.28. The van der Waals surface area contributed by atoms with Crippen LogP contribution in [-0.2, 0) is 15.0 Å². The van der Waals surface area contributed by atoms with Gasteiger partial charge in [0.15, 0.2) is 24.7 Å². The van der Waals surface area contributed by atoms with E-state index >= 15 is 0 Å². The van der Waals surface area contributed by atoms with Crippen LogP contribution in [0.25, 0.3) is 0 Å². The maximum Gasteiger partial charge on any atom is 0.349 e. The number of para-hydroxylation sites is 2. The Bertz CT molecular complexity index is 1500.